The molecule has 430 valence electrons. The number of hydrogen-bond donors (Lipinski definition) is 2. The molecule has 3 atom stereocenters. The molecule has 0 rings (SSSR count). The van der Waals surface area contributed by atoms with Crippen molar-refractivity contribution in [1.29, 1.82) is 0 Å². The third-order valence-electron chi connectivity index (χ3n) is 11.6. The second kappa shape index (κ2) is 56.8. The molecule has 0 aromatic carbocycles. The fourth-order valence-electron chi connectivity index (χ4n) is 7.23. The van der Waals surface area contributed by atoms with Crippen LogP contribution < -0.4 is 0 Å². The van der Waals surface area contributed by atoms with Gasteiger partial charge in [0.2, 0.25) is 0 Å². The van der Waals surface area contributed by atoms with Gasteiger partial charge in [-0.15, -0.1) is 0 Å². The van der Waals surface area contributed by atoms with Gasteiger partial charge in [0.25, 0.3) is 0 Å². The molecule has 0 saturated heterocycles. The van der Waals surface area contributed by atoms with Crippen LogP contribution in [0.25, 0.3) is 0 Å². The molecule has 0 aromatic rings. The topological polar surface area (TPSA) is 155 Å². The van der Waals surface area contributed by atoms with Gasteiger partial charge < -0.3 is 24.2 Å². The number of aliphatic hydroxyl groups is 1. The molecule has 3 unspecified atom stereocenters. The SMILES string of the molecule is CC/C=C\C/C=C\C/C=C\C/C=C\C/C=C\CCCCCC(=O)OC(COC(=O)CCCCCCC/C=C\C/C=C\C/C=C\CC)COP(=O)(O)OCC(CO)OC(=O)CCCCCCC/C=C\C/C=C\C/C=C\CC. The summed E-state index contributed by atoms with van der Waals surface area (Å²) < 4.78 is 39.5. The highest BCUT2D eigenvalue weighted by molar-refractivity contribution is 7.47. The third-order valence-corrected chi connectivity index (χ3v) is 12.5. The number of aliphatic hydroxyl groups excluding tert-OH is 1. The van der Waals surface area contributed by atoms with Crippen molar-refractivity contribution in [3.8, 4) is 0 Å². The summed E-state index contributed by atoms with van der Waals surface area (Å²) in [7, 11) is -4.78. The summed E-state index contributed by atoms with van der Waals surface area (Å²) in [4.78, 5) is 48.6. The Morgan fingerprint density at radius 1 is 0.368 bits per heavy atom. The van der Waals surface area contributed by atoms with Gasteiger partial charge in [-0.3, -0.25) is 23.4 Å². The van der Waals surface area contributed by atoms with E-state index in [4.69, 9.17) is 23.3 Å². The Morgan fingerprint density at radius 3 is 1.00 bits per heavy atom. The van der Waals surface area contributed by atoms with E-state index in [0.717, 1.165) is 154 Å². The van der Waals surface area contributed by atoms with Crippen LogP contribution >= 0.6 is 7.82 Å². The van der Waals surface area contributed by atoms with Crippen molar-refractivity contribution in [2.24, 2.45) is 0 Å². The number of carbonyl (C=O) groups excluding carboxylic acids is 3. The van der Waals surface area contributed by atoms with Crippen LogP contribution in [0.1, 0.15) is 213 Å². The first-order valence-corrected chi connectivity index (χ1v) is 30.6. The van der Waals surface area contributed by atoms with E-state index in [9.17, 15) is 28.9 Å². The van der Waals surface area contributed by atoms with Crippen LogP contribution in [0.2, 0.25) is 0 Å². The van der Waals surface area contributed by atoms with Gasteiger partial charge in [-0.25, -0.2) is 4.57 Å². The number of carbonyl (C=O) groups is 3. The molecular formula is C64H103O11P. The molecule has 0 bridgehead atoms. The number of ether oxygens (including phenoxy) is 3. The van der Waals surface area contributed by atoms with Gasteiger partial charge >= 0.3 is 25.7 Å². The van der Waals surface area contributed by atoms with E-state index in [1.54, 1.807) is 0 Å². The Hall–Kier alpha value is -4.38. The molecule has 0 aromatic heterocycles. The highest BCUT2D eigenvalue weighted by Gasteiger charge is 2.28. The second-order valence-electron chi connectivity index (χ2n) is 18.7. The van der Waals surface area contributed by atoms with Crippen LogP contribution in [0.4, 0.5) is 0 Å². The van der Waals surface area contributed by atoms with Crippen molar-refractivity contribution < 1.29 is 52.2 Å². The maximum atomic E-state index is 12.9. The van der Waals surface area contributed by atoms with Crippen LogP contribution in [0, 0.1) is 0 Å². The summed E-state index contributed by atoms with van der Waals surface area (Å²) in [5.41, 5.74) is 0. The number of hydrogen-bond acceptors (Lipinski definition) is 10. The fourth-order valence-corrected chi connectivity index (χ4v) is 8.02. The summed E-state index contributed by atoms with van der Waals surface area (Å²) >= 11 is 0. The molecule has 2 N–H and O–H groups in total. The van der Waals surface area contributed by atoms with E-state index in [-0.39, 0.29) is 25.9 Å². The Bertz CT molecular complexity index is 1780. The van der Waals surface area contributed by atoms with E-state index < -0.39 is 57.8 Å². The Balaban J connectivity index is 4.84. The number of esters is 3. The number of allylic oxidation sites excluding steroid dienone is 22. The van der Waals surface area contributed by atoms with Crippen LogP contribution in [0.3, 0.4) is 0 Å². The van der Waals surface area contributed by atoms with Gasteiger partial charge in [-0.2, -0.15) is 0 Å². The van der Waals surface area contributed by atoms with Crippen LogP contribution in [-0.4, -0.2) is 66.5 Å². The maximum absolute atomic E-state index is 12.9. The minimum atomic E-state index is -4.78. The molecule has 0 aliphatic heterocycles. The number of phosphoric ester groups is 1. The highest BCUT2D eigenvalue weighted by Crippen LogP contribution is 2.43. The molecule has 0 aliphatic carbocycles. The summed E-state index contributed by atoms with van der Waals surface area (Å²) in [5.74, 6) is -1.56. The lowest BCUT2D eigenvalue weighted by atomic mass is 10.1. The fraction of sp³-hybridized carbons (Fsp3) is 0.609. The zero-order valence-electron chi connectivity index (χ0n) is 47.4. The molecule has 0 aliphatic rings. The van der Waals surface area contributed by atoms with Crippen LogP contribution in [-0.2, 0) is 42.2 Å². The summed E-state index contributed by atoms with van der Waals surface area (Å²) in [5, 5.41) is 9.82. The minimum absolute atomic E-state index is 0.116. The van der Waals surface area contributed by atoms with Gasteiger partial charge in [0.05, 0.1) is 19.8 Å². The zero-order valence-corrected chi connectivity index (χ0v) is 48.3. The molecular weight excluding hydrogens is 976 g/mol. The van der Waals surface area contributed by atoms with Crippen molar-refractivity contribution in [2.45, 2.75) is 226 Å². The summed E-state index contributed by atoms with van der Waals surface area (Å²) in [6.45, 7) is 4.21. The van der Waals surface area contributed by atoms with Crippen molar-refractivity contribution in [2.75, 3.05) is 26.4 Å². The highest BCUT2D eigenvalue weighted by atomic mass is 31.2. The summed E-state index contributed by atoms with van der Waals surface area (Å²) in [6.07, 6.45) is 71.2. The molecule has 0 heterocycles. The molecule has 12 heteroatoms. The van der Waals surface area contributed by atoms with Crippen molar-refractivity contribution in [1.82, 2.24) is 0 Å². The molecule has 0 fully saturated rings. The molecule has 0 amide bonds. The molecule has 11 nitrogen and oxygen atoms in total. The number of rotatable bonds is 52. The van der Waals surface area contributed by atoms with Crippen molar-refractivity contribution >= 4 is 25.7 Å². The lowest BCUT2D eigenvalue weighted by molar-refractivity contribution is -0.161. The van der Waals surface area contributed by atoms with E-state index in [1.807, 2.05) is 0 Å². The third kappa shape index (κ3) is 54.4. The van der Waals surface area contributed by atoms with Gasteiger partial charge in [-0.05, 0) is 128 Å². The largest absolute Gasteiger partial charge is 0.472 e. The standard InChI is InChI=1S/C64H103O11P/c1-4-7-10-13-16-19-22-25-28-29-30-31-34-37-40-43-46-49-52-55-64(68)75-61(57-71-62(66)53-50-47-44-41-38-35-32-26-23-20-17-14-11-8-5-2)59-73-76(69,70)72-58-60(56-65)74-63(67)54-51-48-45-42-39-36-33-27-24-21-18-15-12-9-6-3/h7-12,16-21,25-28,30-33,37,40,60-61,65H,4-6,13-15,22-24,29,34-36,38-39,41-59H2,1-3H3,(H,69,70)/b10-7-,11-8-,12-9-,19-16-,20-17-,21-18-,28-25-,31-30-,32-26-,33-27-,40-37-. The van der Waals surface area contributed by atoms with Gasteiger partial charge in [0.15, 0.2) is 6.10 Å². The lowest BCUT2D eigenvalue weighted by Crippen LogP contribution is -2.30. The van der Waals surface area contributed by atoms with Crippen LogP contribution in [0.15, 0.2) is 134 Å². The van der Waals surface area contributed by atoms with Crippen molar-refractivity contribution in [3.05, 3.63) is 134 Å². The van der Waals surface area contributed by atoms with E-state index in [1.165, 1.54) is 0 Å². The van der Waals surface area contributed by atoms with Crippen LogP contribution in [0.5, 0.6) is 0 Å². The second-order valence-corrected chi connectivity index (χ2v) is 20.1. The molecule has 0 radical (unpaired) electrons. The van der Waals surface area contributed by atoms with Gasteiger partial charge in [-0.1, -0.05) is 199 Å². The Kier molecular flexibility index (Phi) is 53.5. The normalized spacial score (nSPS) is 14.3. The van der Waals surface area contributed by atoms with Gasteiger partial charge in [0.1, 0.15) is 12.7 Å². The van der Waals surface area contributed by atoms with E-state index >= 15 is 0 Å². The number of phosphoric acid groups is 1. The van der Waals surface area contributed by atoms with E-state index in [2.05, 4.69) is 154 Å². The molecule has 76 heavy (non-hydrogen) atoms. The Morgan fingerprint density at radius 2 is 0.645 bits per heavy atom. The first-order chi connectivity index (χ1) is 37.2. The molecule has 0 saturated carbocycles. The smallest absolute Gasteiger partial charge is 0.462 e. The monoisotopic (exact) mass is 1080 g/mol. The average Bonchev–Trinajstić information content (AvgIpc) is 3.41. The maximum Gasteiger partial charge on any atom is 0.472 e. The van der Waals surface area contributed by atoms with E-state index in [0.29, 0.717) is 19.3 Å². The van der Waals surface area contributed by atoms with Crippen molar-refractivity contribution in [3.63, 3.8) is 0 Å². The molecule has 0 spiro atoms. The summed E-state index contributed by atoms with van der Waals surface area (Å²) in [6, 6.07) is 0. The zero-order chi connectivity index (χ0) is 55.5. The average molecular weight is 1080 g/mol. The number of unbranched alkanes of at least 4 members (excludes halogenated alkanes) is 13. The van der Waals surface area contributed by atoms with Gasteiger partial charge in [0, 0.05) is 19.3 Å². The predicted octanol–water partition coefficient (Wildman–Crippen LogP) is 17.4. The Labute approximate surface area is 461 Å². The lowest BCUT2D eigenvalue weighted by Gasteiger charge is -2.21. The quantitative estimate of drug-likeness (QED) is 0.0197. The first-order valence-electron chi connectivity index (χ1n) is 29.1. The predicted molar refractivity (Wildman–Crippen MR) is 316 cm³/mol. The minimum Gasteiger partial charge on any atom is -0.462 e. The first kappa shape index (κ1) is 71.6.